The second-order valence-corrected chi connectivity index (χ2v) is 17.2. The van der Waals surface area contributed by atoms with Crippen molar-refractivity contribution >= 4 is 21.6 Å². The van der Waals surface area contributed by atoms with Gasteiger partial charge in [-0.15, -0.1) is 10.2 Å². The number of carboxylic acids is 1. The van der Waals surface area contributed by atoms with E-state index in [1.807, 2.05) is 55.6 Å². The Morgan fingerprint density at radius 3 is 2.52 bits per heavy atom. The number of sulfonamides is 1. The predicted molar refractivity (Wildman–Crippen MR) is 192 cm³/mol. The maximum absolute atomic E-state index is 14.5. The van der Waals surface area contributed by atoms with Crippen LogP contribution in [0.1, 0.15) is 84.7 Å². The van der Waals surface area contributed by atoms with Gasteiger partial charge < -0.3 is 14.6 Å². The van der Waals surface area contributed by atoms with Crippen LogP contribution in [0.15, 0.2) is 41.4 Å². The van der Waals surface area contributed by atoms with Crippen LogP contribution in [-0.4, -0.2) is 92.8 Å². The van der Waals surface area contributed by atoms with Gasteiger partial charge in [-0.2, -0.15) is 9.29 Å². The highest BCUT2D eigenvalue weighted by atomic mass is 32.2. The van der Waals surface area contributed by atoms with Gasteiger partial charge in [0.15, 0.2) is 5.65 Å². The first-order chi connectivity index (χ1) is 24.6. The quantitative estimate of drug-likeness (QED) is 0.221. The molecule has 1 spiro atoms. The molecule has 0 radical (unpaired) electrons. The van der Waals surface area contributed by atoms with Crippen molar-refractivity contribution in [2.24, 2.45) is 5.41 Å². The molecule has 5 heterocycles. The molecule has 1 saturated heterocycles. The van der Waals surface area contributed by atoms with E-state index in [1.165, 1.54) is 4.31 Å². The number of hydrogen-bond donors (Lipinski definition) is 1. The van der Waals surface area contributed by atoms with Crippen LogP contribution in [0.2, 0.25) is 0 Å². The van der Waals surface area contributed by atoms with Crippen molar-refractivity contribution in [1.29, 1.82) is 0 Å². The highest BCUT2D eigenvalue weighted by molar-refractivity contribution is 7.89. The van der Waals surface area contributed by atoms with Gasteiger partial charge in [-0.1, -0.05) is 18.2 Å². The number of carboxylic acid groups (broad SMARTS) is 1. The number of nitrogens with zero attached hydrogens (tertiary/aromatic N) is 6. The summed E-state index contributed by atoms with van der Waals surface area (Å²) in [7, 11) is -4.07. The molecule has 1 saturated carbocycles. The van der Waals surface area contributed by atoms with Crippen LogP contribution in [0.4, 0.5) is 4.39 Å². The minimum atomic E-state index is -4.07. The number of piperidine rings is 1. The first kappa shape index (κ1) is 36.2. The fourth-order valence-electron chi connectivity index (χ4n) is 7.54. The molecule has 14 heteroatoms. The molecule has 2 fully saturated rings. The summed E-state index contributed by atoms with van der Waals surface area (Å²) in [5.74, 6) is -0.434. The number of fused-ring (bicyclic) bond motifs is 2. The Morgan fingerprint density at radius 1 is 1.10 bits per heavy atom. The van der Waals surface area contributed by atoms with Crippen molar-refractivity contribution in [3.05, 3.63) is 75.7 Å². The number of alkyl halides is 1. The van der Waals surface area contributed by atoms with Crippen LogP contribution in [-0.2, 0) is 21.4 Å². The molecule has 52 heavy (non-hydrogen) atoms. The minimum Gasteiger partial charge on any atom is -0.481 e. The molecule has 0 unspecified atom stereocenters. The molecule has 12 nitrogen and oxygen atoms in total. The van der Waals surface area contributed by atoms with Crippen molar-refractivity contribution in [2.75, 3.05) is 32.8 Å². The Labute approximate surface area is 304 Å². The maximum atomic E-state index is 14.5. The Kier molecular flexibility index (Phi) is 9.31. The molecular formula is C38H47FN6O6S. The van der Waals surface area contributed by atoms with E-state index in [0.717, 1.165) is 33.6 Å². The van der Waals surface area contributed by atoms with Crippen LogP contribution in [0, 0.1) is 33.1 Å². The lowest BCUT2D eigenvalue weighted by Crippen LogP contribution is -2.38. The fraction of sp³-hybridized carbons (Fsp3) is 0.526. The number of ether oxygens (including phenoxy) is 2. The first-order valence-corrected chi connectivity index (χ1v) is 19.4. The molecule has 278 valence electrons. The number of benzene rings is 1. The third-order valence-electron chi connectivity index (χ3n) is 11.1. The van der Waals surface area contributed by atoms with Crippen LogP contribution in [0.5, 0.6) is 11.8 Å². The first-order valence-electron chi connectivity index (χ1n) is 17.9. The third-order valence-corrected chi connectivity index (χ3v) is 12.9. The molecule has 0 amide bonds. The Hall–Kier alpha value is -4.14. The lowest BCUT2D eigenvalue weighted by molar-refractivity contribution is -0.147. The monoisotopic (exact) mass is 734 g/mol. The van der Waals surface area contributed by atoms with Crippen molar-refractivity contribution in [1.82, 2.24) is 28.8 Å². The minimum absolute atomic E-state index is 0.00244. The number of aryl methyl sites for hydroxylation is 4. The Balaban J connectivity index is 1.20. The highest BCUT2D eigenvalue weighted by Crippen LogP contribution is 2.48. The summed E-state index contributed by atoms with van der Waals surface area (Å²) in [6.45, 7) is 13.5. The number of rotatable bonds is 10. The summed E-state index contributed by atoms with van der Waals surface area (Å²) in [6.07, 6.45) is 3.53. The van der Waals surface area contributed by atoms with Gasteiger partial charge in [-0.25, -0.2) is 12.8 Å². The van der Waals surface area contributed by atoms with Gasteiger partial charge in [0.25, 0.3) is 0 Å². The number of likely N-dealkylation sites (tertiary alicyclic amines) is 1. The maximum Gasteiger partial charge on any atom is 0.310 e. The van der Waals surface area contributed by atoms with Gasteiger partial charge >= 0.3 is 5.97 Å². The van der Waals surface area contributed by atoms with Crippen molar-refractivity contribution < 1.29 is 32.2 Å². The second kappa shape index (κ2) is 13.4. The number of hydrogen-bond acceptors (Lipinski definition) is 9. The van der Waals surface area contributed by atoms with Gasteiger partial charge in [-0.05, 0) is 107 Å². The zero-order valence-corrected chi connectivity index (χ0v) is 31.5. The predicted octanol–water partition coefficient (Wildman–Crippen LogP) is 5.53. The molecule has 0 bridgehead atoms. The van der Waals surface area contributed by atoms with E-state index in [0.29, 0.717) is 69.0 Å². The molecular weight excluding hydrogens is 688 g/mol. The molecule has 1 aromatic carbocycles. The lowest BCUT2D eigenvalue weighted by Gasteiger charge is -2.33. The van der Waals surface area contributed by atoms with Crippen LogP contribution in [0.3, 0.4) is 0 Å². The molecule has 4 aromatic rings. The van der Waals surface area contributed by atoms with E-state index in [4.69, 9.17) is 9.47 Å². The molecule has 1 aliphatic carbocycles. The van der Waals surface area contributed by atoms with Crippen LogP contribution in [0.25, 0.3) is 5.65 Å². The largest absolute Gasteiger partial charge is 0.481 e. The zero-order chi connectivity index (χ0) is 37.2. The van der Waals surface area contributed by atoms with E-state index >= 15 is 0 Å². The molecule has 3 aliphatic rings. The van der Waals surface area contributed by atoms with Gasteiger partial charge in [0.1, 0.15) is 29.1 Å². The van der Waals surface area contributed by atoms with Gasteiger partial charge in [0.05, 0.1) is 12.0 Å². The van der Waals surface area contributed by atoms with Crippen molar-refractivity contribution in [3.63, 3.8) is 0 Å². The average molecular weight is 735 g/mol. The van der Waals surface area contributed by atoms with Crippen molar-refractivity contribution in [2.45, 2.75) is 96.4 Å². The summed E-state index contributed by atoms with van der Waals surface area (Å²) in [5.41, 5.74) is 3.37. The number of halogens is 1. The van der Waals surface area contributed by atoms with E-state index in [1.54, 1.807) is 26.8 Å². The Bertz CT molecular complexity index is 2140. The molecule has 7 rings (SSSR count). The van der Waals surface area contributed by atoms with Gasteiger partial charge in [0.2, 0.25) is 21.8 Å². The smallest absolute Gasteiger partial charge is 0.310 e. The topological polar surface area (TPSA) is 139 Å². The van der Waals surface area contributed by atoms with E-state index in [9.17, 15) is 22.7 Å². The summed E-state index contributed by atoms with van der Waals surface area (Å²) < 4.78 is 58.3. The van der Waals surface area contributed by atoms with Crippen molar-refractivity contribution in [3.8, 4) is 11.8 Å². The summed E-state index contributed by atoms with van der Waals surface area (Å²) >= 11 is 0. The van der Waals surface area contributed by atoms with Gasteiger partial charge in [0, 0.05) is 43.9 Å². The lowest BCUT2D eigenvalue weighted by atomic mass is 9.70. The zero-order valence-electron chi connectivity index (χ0n) is 30.6. The molecule has 2 aliphatic heterocycles. The number of pyridine rings is 2. The summed E-state index contributed by atoms with van der Waals surface area (Å²) in [4.78, 5) is 19.6. The fourth-order valence-corrected chi connectivity index (χ4v) is 9.17. The molecule has 1 atom stereocenters. The Morgan fingerprint density at radius 2 is 1.83 bits per heavy atom. The standard InChI is InChI=1S/C38H47FN6O6S/c1-23-7-8-27(32(37(5,6)36(46)47)30-11-16-45-26(4)41-42-33(45)25(30)3)20-28(23)21-44-22-38(12-13-38)51-35-31(52(44,48)49)19-24(2)34(40-35)50-18-17-43-14-9-29(39)10-15-43/h7-8,11,16,19-20,29,32H,9-10,12-15,17-18,21-22H2,1-6H3,(H,46,47)/t32-/m0/s1. The average Bonchev–Trinajstić information content (AvgIpc) is 3.76. The summed E-state index contributed by atoms with van der Waals surface area (Å²) in [5, 5.41) is 19.0. The SMILES string of the molecule is Cc1ccc([C@@H](c2ccn3c(C)nnc3c2C)C(C)(C)C(=O)O)cc1CN1CC2(CC2)Oc2nc(OCCN3CCC(F)CC3)c(C)cc2S1(=O)=O. The van der Waals surface area contributed by atoms with Crippen LogP contribution < -0.4 is 9.47 Å². The molecule has 3 aromatic heterocycles. The third kappa shape index (κ3) is 6.64. The van der Waals surface area contributed by atoms with Crippen LogP contribution >= 0.6 is 0 Å². The van der Waals surface area contributed by atoms with E-state index in [2.05, 4.69) is 20.1 Å². The van der Waals surface area contributed by atoms with E-state index < -0.39 is 39.1 Å². The molecule has 1 N–H and O–H groups in total. The number of aromatic nitrogens is 4. The highest BCUT2D eigenvalue weighted by Gasteiger charge is 2.53. The number of carbonyl (C=O) groups is 1. The summed E-state index contributed by atoms with van der Waals surface area (Å²) in [6, 6.07) is 9.32. The number of aliphatic carboxylic acids is 1. The van der Waals surface area contributed by atoms with Gasteiger partial charge in [-0.3, -0.25) is 14.1 Å². The van der Waals surface area contributed by atoms with E-state index in [-0.39, 0.29) is 23.9 Å². The second-order valence-electron chi connectivity index (χ2n) is 15.3. The normalized spacial score (nSPS) is 19.6.